The van der Waals surface area contributed by atoms with Crippen molar-refractivity contribution in [2.75, 3.05) is 20.1 Å². The number of benzene rings is 1. The van der Waals surface area contributed by atoms with Crippen LogP contribution in [0.1, 0.15) is 31.4 Å². The van der Waals surface area contributed by atoms with Crippen LogP contribution in [0, 0.1) is 5.92 Å². The fraction of sp³-hybridized carbons (Fsp3) is 0.562. The third kappa shape index (κ3) is 3.96. The van der Waals surface area contributed by atoms with E-state index >= 15 is 0 Å². The number of likely N-dealkylation sites (tertiary alicyclic amines) is 1. The molecule has 2 rings (SSSR count). The van der Waals surface area contributed by atoms with Crippen LogP contribution in [0.5, 0.6) is 0 Å². The lowest BCUT2D eigenvalue weighted by Crippen LogP contribution is -2.45. The fourth-order valence-electron chi connectivity index (χ4n) is 3.18. The maximum atomic E-state index is 11.7. The number of hydrogen-bond donors (Lipinski definition) is 2. The van der Waals surface area contributed by atoms with Crippen molar-refractivity contribution in [3.63, 3.8) is 0 Å². The number of nitrogens with one attached hydrogen (secondary N) is 1. The Labute approximate surface area is 131 Å². The van der Waals surface area contributed by atoms with E-state index in [1.807, 2.05) is 25.1 Å². The molecule has 1 aliphatic heterocycles. The molecule has 1 heterocycles. The Kier molecular flexibility index (Phi) is 5.62. The molecule has 1 fully saturated rings. The summed E-state index contributed by atoms with van der Waals surface area (Å²) in [4.78, 5) is 14.1. The van der Waals surface area contributed by atoms with Gasteiger partial charge in [-0.25, -0.2) is 0 Å². The Morgan fingerprint density at radius 1 is 1.43 bits per heavy atom. The molecule has 0 spiro atoms. The van der Waals surface area contributed by atoms with Gasteiger partial charge in [-0.1, -0.05) is 23.7 Å². The normalized spacial score (nSPS) is 20.0. The van der Waals surface area contributed by atoms with Crippen molar-refractivity contribution in [3.8, 4) is 0 Å². The van der Waals surface area contributed by atoms with E-state index in [0.717, 1.165) is 36.5 Å². The van der Waals surface area contributed by atoms with Gasteiger partial charge in [-0.3, -0.25) is 9.69 Å². The second kappa shape index (κ2) is 7.25. The summed E-state index contributed by atoms with van der Waals surface area (Å²) < 4.78 is 0. The van der Waals surface area contributed by atoms with Crippen molar-refractivity contribution in [2.45, 2.75) is 31.8 Å². The van der Waals surface area contributed by atoms with E-state index in [1.165, 1.54) is 0 Å². The molecule has 21 heavy (non-hydrogen) atoms. The number of halogens is 1. The van der Waals surface area contributed by atoms with E-state index in [4.69, 9.17) is 17.3 Å². The third-order valence-electron chi connectivity index (χ3n) is 4.23. The Morgan fingerprint density at radius 2 is 2.10 bits per heavy atom. The molecule has 3 N–H and O–H groups in total. The zero-order valence-corrected chi connectivity index (χ0v) is 13.4. The van der Waals surface area contributed by atoms with Gasteiger partial charge in [0.1, 0.15) is 0 Å². The van der Waals surface area contributed by atoms with E-state index in [0.29, 0.717) is 0 Å². The monoisotopic (exact) mass is 309 g/mol. The lowest BCUT2D eigenvalue weighted by molar-refractivity contribution is -0.126. The maximum absolute atomic E-state index is 11.7. The first kappa shape index (κ1) is 16.3. The van der Waals surface area contributed by atoms with Gasteiger partial charge >= 0.3 is 0 Å². The predicted octanol–water partition coefficient (Wildman–Crippen LogP) is 2.19. The molecular formula is C16H24ClN3O. The van der Waals surface area contributed by atoms with Crippen LogP contribution in [0.15, 0.2) is 24.3 Å². The number of hydrogen-bond acceptors (Lipinski definition) is 3. The number of rotatable bonds is 4. The molecule has 2 atom stereocenters. The van der Waals surface area contributed by atoms with Crippen molar-refractivity contribution >= 4 is 17.5 Å². The van der Waals surface area contributed by atoms with Crippen LogP contribution in [-0.4, -0.2) is 37.0 Å². The highest BCUT2D eigenvalue weighted by Crippen LogP contribution is 2.30. The number of nitrogens with two attached hydrogens (primary N) is 1. The largest absolute Gasteiger partial charge is 0.359 e. The van der Waals surface area contributed by atoms with Crippen LogP contribution in [0.4, 0.5) is 0 Å². The second-order valence-corrected chi connectivity index (χ2v) is 6.22. The smallest absolute Gasteiger partial charge is 0.222 e. The Bertz CT molecular complexity index is 484. The van der Waals surface area contributed by atoms with E-state index in [1.54, 1.807) is 7.05 Å². The Hall–Kier alpha value is -1.10. The SMILES string of the molecule is CNC(=O)C1CCN(C(c2cccc(Cl)c2)C(C)N)CC1. The molecule has 4 nitrogen and oxygen atoms in total. The van der Waals surface area contributed by atoms with Crippen LogP contribution < -0.4 is 11.1 Å². The molecule has 1 aliphatic rings. The van der Waals surface area contributed by atoms with Crippen molar-refractivity contribution in [2.24, 2.45) is 11.7 Å². The van der Waals surface area contributed by atoms with Crippen molar-refractivity contribution in [1.82, 2.24) is 10.2 Å². The number of amides is 1. The van der Waals surface area contributed by atoms with Crippen LogP contribution in [0.2, 0.25) is 5.02 Å². The third-order valence-corrected chi connectivity index (χ3v) is 4.46. The predicted molar refractivity (Wildman–Crippen MR) is 86.2 cm³/mol. The first-order valence-corrected chi connectivity index (χ1v) is 7.87. The molecule has 0 radical (unpaired) electrons. The van der Waals surface area contributed by atoms with E-state index in [9.17, 15) is 4.79 Å². The first-order chi connectivity index (χ1) is 10.0. The summed E-state index contributed by atoms with van der Waals surface area (Å²) in [6.07, 6.45) is 1.76. The lowest BCUT2D eigenvalue weighted by atomic mass is 9.91. The second-order valence-electron chi connectivity index (χ2n) is 5.78. The average molecular weight is 310 g/mol. The molecule has 0 aromatic heterocycles. The Balaban J connectivity index is 2.09. The Morgan fingerprint density at radius 3 is 2.62 bits per heavy atom. The van der Waals surface area contributed by atoms with Gasteiger partial charge in [-0.05, 0) is 50.6 Å². The van der Waals surface area contributed by atoms with Gasteiger partial charge in [0.2, 0.25) is 5.91 Å². The highest BCUT2D eigenvalue weighted by atomic mass is 35.5. The highest BCUT2D eigenvalue weighted by Gasteiger charge is 2.30. The van der Waals surface area contributed by atoms with Crippen molar-refractivity contribution in [1.29, 1.82) is 0 Å². The number of nitrogens with zero attached hydrogens (tertiary/aromatic N) is 1. The summed E-state index contributed by atoms with van der Waals surface area (Å²) in [5.41, 5.74) is 7.36. The minimum Gasteiger partial charge on any atom is -0.359 e. The summed E-state index contributed by atoms with van der Waals surface area (Å²) in [6.45, 7) is 3.80. The van der Waals surface area contributed by atoms with Crippen LogP contribution in [0.25, 0.3) is 0 Å². The average Bonchev–Trinajstić information content (AvgIpc) is 2.47. The van der Waals surface area contributed by atoms with Gasteiger partial charge in [-0.15, -0.1) is 0 Å². The quantitative estimate of drug-likeness (QED) is 0.896. The standard InChI is InChI=1S/C16H24ClN3O/c1-11(18)15(13-4-3-5-14(17)10-13)20-8-6-12(7-9-20)16(21)19-2/h3-5,10-12,15H,6-9,18H2,1-2H3,(H,19,21). The van der Waals surface area contributed by atoms with Gasteiger partial charge < -0.3 is 11.1 Å². The van der Waals surface area contributed by atoms with Gasteiger partial charge in [0, 0.05) is 30.1 Å². The number of carbonyl (C=O) groups is 1. The van der Waals surface area contributed by atoms with Gasteiger partial charge in [0.05, 0.1) is 0 Å². The lowest BCUT2D eigenvalue weighted by Gasteiger charge is -2.39. The van der Waals surface area contributed by atoms with Crippen LogP contribution in [-0.2, 0) is 4.79 Å². The molecule has 0 saturated carbocycles. The van der Waals surface area contributed by atoms with Gasteiger partial charge in [0.25, 0.3) is 0 Å². The van der Waals surface area contributed by atoms with Crippen molar-refractivity contribution in [3.05, 3.63) is 34.9 Å². The summed E-state index contributed by atoms with van der Waals surface area (Å²) >= 11 is 6.10. The molecule has 116 valence electrons. The number of piperidine rings is 1. The van der Waals surface area contributed by atoms with E-state index in [-0.39, 0.29) is 23.9 Å². The number of carbonyl (C=O) groups excluding carboxylic acids is 1. The highest BCUT2D eigenvalue weighted by molar-refractivity contribution is 6.30. The molecule has 1 aromatic carbocycles. The summed E-state index contributed by atoms with van der Waals surface area (Å²) in [5, 5.41) is 3.48. The topological polar surface area (TPSA) is 58.4 Å². The first-order valence-electron chi connectivity index (χ1n) is 7.49. The molecule has 1 saturated heterocycles. The zero-order chi connectivity index (χ0) is 15.4. The van der Waals surface area contributed by atoms with Crippen LogP contribution >= 0.6 is 11.6 Å². The molecule has 2 unspecified atom stereocenters. The van der Waals surface area contributed by atoms with Crippen LogP contribution in [0.3, 0.4) is 0 Å². The molecule has 5 heteroatoms. The summed E-state index contributed by atoms with van der Waals surface area (Å²) in [7, 11) is 1.70. The maximum Gasteiger partial charge on any atom is 0.222 e. The molecule has 1 amide bonds. The molecule has 0 aliphatic carbocycles. The van der Waals surface area contributed by atoms with E-state index in [2.05, 4.69) is 16.3 Å². The molecular weight excluding hydrogens is 286 g/mol. The minimum atomic E-state index is 0.0139. The van der Waals surface area contributed by atoms with Gasteiger partial charge in [0.15, 0.2) is 0 Å². The minimum absolute atomic E-state index is 0.0139. The fourth-order valence-corrected chi connectivity index (χ4v) is 3.38. The summed E-state index contributed by atoms with van der Waals surface area (Å²) in [5.74, 6) is 0.272. The molecule has 1 aromatic rings. The van der Waals surface area contributed by atoms with Crippen molar-refractivity contribution < 1.29 is 4.79 Å². The zero-order valence-electron chi connectivity index (χ0n) is 12.7. The van der Waals surface area contributed by atoms with E-state index < -0.39 is 0 Å². The summed E-state index contributed by atoms with van der Waals surface area (Å²) in [6, 6.07) is 8.06. The van der Waals surface area contributed by atoms with Gasteiger partial charge in [-0.2, -0.15) is 0 Å². The molecule has 0 bridgehead atoms.